The number of fused-ring (bicyclic) bond motifs is 3. The van der Waals surface area contributed by atoms with Crippen LogP contribution in [0, 0.1) is 39.5 Å². The van der Waals surface area contributed by atoms with Crippen molar-refractivity contribution in [2.75, 3.05) is 0 Å². The Hall–Kier alpha value is -5.05. The molecule has 7 aromatic rings. The number of pyridine rings is 1. The van der Waals surface area contributed by atoms with Gasteiger partial charge in [0, 0.05) is 23.2 Å². The zero-order valence-electron chi connectivity index (χ0n) is 26.1. The summed E-state index contributed by atoms with van der Waals surface area (Å²) < 4.78 is 10.4. The van der Waals surface area contributed by atoms with Crippen molar-refractivity contribution in [3.63, 3.8) is 0 Å². The number of ether oxygens (including phenoxy) is 1. The van der Waals surface area contributed by atoms with Crippen LogP contribution in [0.15, 0.2) is 85.1 Å². The maximum absolute atomic E-state index is 7.81. The molecule has 7 nitrogen and oxygen atoms in total. The van der Waals surface area contributed by atoms with Crippen molar-refractivity contribution in [2.24, 2.45) is 0 Å². The molecule has 7 rings (SSSR count). The number of hydrogen-bond acceptors (Lipinski definition) is 4. The first-order valence-electron chi connectivity index (χ1n) is 14.9. The van der Waals surface area contributed by atoms with Gasteiger partial charge in [0.1, 0.15) is 17.3 Å². The van der Waals surface area contributed by atoms with Crippen LogP contribution in [0.3, 0.4) is 0 Å². The minimum atomic E-state index is 0. The van der Waals surface area contributed by atoms with Gasteiger partial charge in [0.15, 0.2) is 0 Å². The second-order valence-corrected chi connectivity index (χ2v) is 11.5. The van der Waals surface area contributed by atoms with Gasteiger partial charge in [0.2, 0.25) is 0 Å². The molecule has 3 heterocycles. The van der Waals surface area contributed by atoms with Gasteiger partial charge in [-0.05, 0) is 67.0 Å². The maximum Gasteiger partial charge on any atom is 2.00 e. The van der Waals surface area contributed by atoms with Crippen LogP contribution in [-0.4, -0.2) is 24.3 Å². The molecular weight excluding hydrogens is 752 g/mol. The van der Waals surface area contributed by atoms with Crippen LogP contribution in [-0.2, 0) is 21.1 Å². The van der Waals surface area contributed by atoms with Crippen LogP contribution in [0.2, 0.25) is 0 Å². The maximum atomic E-state index is 7.81. The minimum Gasteiger partial charge on any atom is -0.504 e. The monoisotopic (exact) mass is 781 g/mol. The topological polar surface area (TPSA) is 62.1 Å². The molecule has 3 aromatic heterocycles. The van der Waals surface area contributed by atoms with Crippen LogP contribution in [0.25, 0.3) is 49.5 Å². The number of hydrogen-bond donors (Lipinski definition) is 0. The Balaban J connectivity index is 0.00000372. The molecule has 0 unspecified atom stereocenters. The van der Waals surface area contributed by atoms with E-state index in [0.29, 0.717) is 40.3 Å². The minimum absolute atomic E-state index is 0. The van der Waals surface area contributed by atoms with E-state index in [9.17, 15) is 0 Å². The van der Waals surface area contributed by atoms with Crippen LogP contribution in [0.5, 0.6) is 11.5 Å². The molecule has 0 saturated carbocycles. The van der Waals surface area contributed by atoms with E-state index in [1.54, 1.807) is 12.1 Å². The van der Waals surface area contributed by atoms with Gasteiger partial charge in [-0.15, -0.1) is 29.1 Å². The third kappa shape index (κ3) is 5.50. The molecule has 0 aliphatic rings. The van der Waals surface area contributed by atoms with E-state index in [-0.39, 0.29) is 21.1 Å². The van der Waals surface area contributed by atoms with Gasteiger partial charge in [-0.3, -0.25) is 14.5 Å². The first kappa shape index (κ1) is 31.0. The Bertz CT molecular complexity index is 2270. The number of aryl methyl sites for hydroxylation is 3. The number of aromatic nitrogens is 5. The average molecular weight is 782 g/mol. The van der Waals surface area contributed by atoms with Crippen LogP contribution >= 0.6 is 0 Å². The van der Waals surface area contributed by atoms with Gasteiger partial charge >= 0.3 is 21.1 Å². The Morgan fingerprint density at radius 2 is 1.63 bits per heavy atom. The SMILES string of the molecule is [C-]#[N+]c1cc(Oc2[c-]c3c(cc2)c2ccccc2n3-c2cc(C(C)C)ccn2)[c-]c(-c2nc(C)nn2-c2c(C)cccc2C)c1.[Pt+2]. The van der Waals surface area contributed by atoms with E-state index >= 15 is 0 Å². The Kier molecular flexibility index (Phi) is 8.33. The Labute approximate surface area is 282 Å². The summed E-state index contributed by atoms with van der Waals surface area (Å²) in [5.74, 6) is 3.31. The Morgan fingerprint density at radius 1 is 0.848 bits per heavy atom. The van der Waals surface area contributed by atoms with Gasteiger partial charge in [-0.2, -0.15) is 11.2 Å². The summed E-state index contributed by atoms with van der Waals surface area (Å²) in [5, 5.41) is 6.87. The fourth-order valence-electron chi connectivity index (χ4n) is 5.86. The molecule has 0 atom stereocenters. The third-order valence-corrected chi connectivity index (χ3v) is 8.01. The van der Waals surface area contributed by atoms with Crippen molar-refractivity contribution in [2.45, 2.75) is 40.5 Å². The zero-order valence-corrected chi connectivity index (χ0v) is 28.3. The van der Waals surface area contributed by atoms with E-state index in [1.807, 2.05) is 48.1 Å². The smallest absolute Gasteiger partial charge is 0.504 e. The van der Waals surface area contributed by atoms with Gasteiger partial charge in [0.05, 0.1) is 18.1 Å². The molecule has 0 spiro atoms. The predicted octanol–water partition coefficient (Wildman–Crippen LogP) is 9.42. The molecule has 228 valence electrons. The standard InChI is InChI=1S/C38H30N6O.Pt/c1-23(2)27-16-17-40-36(20-27)43-34-13-8-7-12-32(34)33-15-14-30(22-35(33)43)45-31-19-28(18-29(21-31)39-6)38-41-26(5)42-44(38)37-24(3)10-9-11-25(37)4;/h7-18,20-21,23H,1-5H3;/q-2;+2. The van der Waals surface area contributed by atoms with Crippen molar-refractivity contribution in [3.05, 3.63) is 131 Å². The number of benzene rings is 4. The largest absolute Gasteiger partial charge is 2.00 e. The zero-order chi connectivity index (χ0) is 31.2. The average Bonchev–Trinajstić information content (AvgIpc) is 3.58. The second-order valence-electron chi connectivity index (χ2n) is 11.5. The summed E-state index contributed by atoms with van der Waals surface area (Å²) >= 11 is 0. The van der Waals surface area contributed by atoms with Crippen molar-refractivity contribution in [3.8, 4) is 34.4 Å². The fraction of sp³-hybridized carbons (Fsp3) is 0.158. The van der Waals surface area contributed by atoms with Crippen LogP contribution in [0.1, 0.15) is 42.3 Å². The normalized spacial score (nSPS) is 11.2. The molecule has 0 fully saturated rings. The number of para-hydroxylation sites is 2. The van der Waals surface area contributed by atoms with Crippen molar-refractivity contribution < 1.29 is 25.8 Å². The summed E-state index contributed by atoms with van der Waals surface area (Å²) in [5.41, 5.74) is 7.24. The molecule has 0 aliphatic heterocycles. The molecule has 4 aromatic carbocycles. The predicted molar refractivity (Wildman–Crippen MR) is 178 cm³/mol. The molecule has 0 aliphatic carbocycles. The second kappa shape index (κ2) is 12.4. The van der Waals surface area contributed by atoms with Gasteiger partial charge in [0.25, 0.3) is 0 Å². The molecule has 0 saturated heterocycles. The molecule has 8 heteroatoms. The quantitative estimate of drug-likeness (QED) is 0.158. The van der Waals surface area contributed by atoms with E-state index in [0.717, 1.165) is 44.4 Å². The van der Waals surface area contributed by atoms with Gasteiger partial charge in [-0.25, -0.2) is 4.98 Å². The summed E-state index contributed by atoms with van der Waals surface area (Å²) in [6.45, 7) is 18.1. The number of nitrogens with zero attached hydrogens (tertiary/aromatic N) is 6. The van der Waals surface area contributed by atoms with E-state index in [4.69, 9.17) is 26.4 Å². The van der Waals surface area contributed by atoms with Crippen LogP contribution in [0.4, 0.5) is 5.69 Å². The summed E-state index contributed by atoms with van der Waals surface area (Å²) in [6.07, 6.45) is 1.86. The molecular formula is C38H30N6OPt. The summed E-state index contributed by atoms with van der Waals surface area (Å²) in [6, 6.07) is 32.9. The molecule has 0 bridgehead atoms. The van der Waals surface area contributed by atoms with Crippen molar-refractivity contribution >= 4 is 27.5 Å². The third-order valence-electron chi connectivity index (χ3n) is 8.01. The van der Waals surface area contributed by atoms with E-state index in [1.165, 1.54) is 5.56 Å². The fourth-order valence-corrected chi connectivity index (χ4v) is 5.86. The summed E-state index contributed by atoms with van der Waals surface area (Å²) in [7, 11) is 0. The molecule has 0 amide bonds. The van der Waals surface area contributed by atoms with Crippen LogP contribution < -0.4 is 4.74 Å². The van der Waals surface area contributed by atoms with E-state index in [2.05, 4.69) is 85.6 Å². The van der Waals surface area contributed by atoms with E-state index < -0.39 is 0 Å². The first-order chi connectivity index (χ1) is 21.8. The molecule has 0 radical (unpaired) electrons. The Morgan fingerprint density at radius 3 is 2.39 bits per heavy atom. The molecule has 46 heavy (non-hydrogen) atoms. The summed E-state index contributed by atoms with van der Waals surface area (Å²) in [4.78, 5) is 13.2. The molecule has 0 N–H and O–H groups in total. The van der Waals surface area contributed by atoms with Gasteiger partial charge < -0.3 is 9.30 Å². The van der Waals surface area contributed by atoms with Gasteiger partial charge in [-0.1, -0.05) is 67.9 Å². The number of rotatable bonds is 6. The first-order valence-corrected chi connectivity index (χ1v) is 14.9. The van der Waals surface area contributed by atoms with Crippen molar-refractivity contribution in [1.29, 1.82) is 0 Å². The van der Waals surface area contributed by atoms with Crippen molar-refractivity contribution in [1.82, 2.24) is 24.3 Å².